The van der Waals surface area contributed by atoms with Gasteiger partial charge >= 0.3 is 5.97 Å². The van der Waals surface area contributed by atoms with E-state index in [1.54, 1.807) is 13.8 Å². The molecule has 5 heteroatoms. The van der Waals surface area contributed by atoms with Crippen LogP contribution < -0.4 is 0 Å². The minimum Gasteiger partial charge on any atom is -0.462 e. The Balaban J connectivity index is 3.03. The number of hydrogen-bond acceptors (Lipinski definition) is 3. The molecule has 0 spiro atoms. The SMILES string of the molecule is CCOC(=O)c1cc(C)nc(C(F)F)c1. The second-order valence-electron chi connectivity index (χ2n) is 2.94. The maximum atomic E-state index is 12.4. The van der Waals surface area contributed by atoms with E-state index in [1.807, 2.05) is 0 Å². The summed E-state index contributed by atoms with van der Waals surface area (Å²) in [4.78, 5) is 14.9. The van der Waals surface area contributed by atoms with E-state index in [0.29, 0.717) is 5.69 Å². The number of carbonyl (C=O) groups excluding carboxylic acids is 1. The van der Waals surface area contributed by atoms with E-state index in [0.717, 1.165) is 6.07 Å². The third-order valence-corrected chi connectivity index (χ3v) is 1.71. The smallest absolute Gasteiger partial charge is 0.338 e. The van der Waals surface area contributed by atoms with Crippen LogP contribution in [0.1, 0.15) is 35.1 Å². The zero-order valence-corrected chi connectivity index (χ0v) is 8.46. The molecule has 3 nitrogen and oxygen atoms in total. The molecule has 0 radical (unpaired) electrons. The van der Waals surface area contributed by atoms with Crippen molar-refractivity contribution in [3.63, 3.8) is 0 Å². The van der Waals surface area contributed by atoms with Crippen molar-refractivity contribution in [3.05, 3.63) is 29.1 Å². The number of ether oxygens (including phenoxy) is 1. The summed E-state index contributed by atoms with van der Waals surface area (Å²) >= 11 is 0. The molecule has 15 heavy (non-hydrogen) atoms. The summed E-state index contributed by atoms with van der Waals surface area (Å²) in [6.07, 6.45) is -2.68. The van der Waals surface area contributed by atoms with Crippen LogP contribution in [0.4, 0.5) is 8.78 Å². The fraction of sp³-hybridized carbons (Fsp3) is 0.400. The molecule has 0 aliphatic carbocycles. The molecule has 1 aromatic heterocycles. The quantitative estimate of drug-likeness (QED) is 0.727. The fourth-order valence-electron chi connectivity index (χ4n) is 1.14. The average Bonchev–Trinajstić information content (AvgIpc) is 2.17. The van der Waals surface area contributed by atoms with Crippen molar-refractivity contribution in [2.24, 2.45) is 0 Å². The number of nitrogens with zero attached hydrogens (tertiary/aromatic N) is 1. The van der Waals surface area contributed by atoms with Crippen LogP contribution >= 0.6 is 0 Å². The highest BCUT2D eigenvalue weighted by molar-refractivity contribution is 5.89. The van der Waals surface area contributed by atoms with Crippen LogP contribution in [0.3, 0.4) is 0 Å². The van der Waals surface area contributed by atoms with E-state index in [2.05, 4.69) is 4.98 Å². The summed E-state index contributed by atoms with van der Waals surface area (Å²) in [5.74, 6) is -0.607. The van der Waals surface area contributed by atoms with Crippen LogP contribution in [-0.4, -0.2) is 17.6 Å². The molecule has 0 fully saturated rings. The number of aryl methyl sites for hydroxylation is 1. The number of alkyl halides is 2. The molecule has 0 aliphatic rings. The topological polar surface area (TPSA) is 39.2 Å². The van der Waals surface area contributed by atoms with E-state index >= 15 is 0 Å². The van der Waals surface area contributed by atoms with Gasteiger partial charge in [0, 0.05) is 5.69 Å². The van der Waals surface area contributed by atoms with Gasteiger partial charge in [0.2, 0.25) is 0 Å². The maximum absolute atomic E-state index is 12.4. The summed E-state index contributed by atoms with van der Waals surface area (Å²) in [6.45, 7) is 3.42. The van der Waals surface area contributed by atoms with Crippen LogP contribution in [0.2, 0.25) is 0 Å². The first kappa shape index (κ1) is 11.6. The van der Waals surface area contributed by atoms with E-state index < -0.39 is 18.1 Å². The summed E-state index contributed by atoms with van der Waals surface area (Å²) in [6, 6.07) is 2.47. The molecule has 0 aromatic carbocycles. The van der Waals surface area contributed by atoms with Crippen LogP contribution in [0.25, 0.3) is 0 Å². The van der Waals surface area contributed by atoms with Crippen molar-refractivity contribution in [1.29, 1.82) is 0 Å². The van der Waals surface area contributed by atoms with Gasteiger partial charge in [-0.25, -0.2) is 13.6 Å². The lowest BCUT2D eigenvalue weighted by molar-refractivity contribution is 0.0525. The number of carbonyl (C=O) groups is 1. The van der Waals surface area contributed by atoms with Crippen molar-refractivity contribution >= 4 is 5.97 Å². The predicted octanol–water partition coefficient (Wildman–Crippen LogP) is 2.50. The molecule has 1 rings (SSSR count). The Hall–Kier alpha value is -1.52. The molecule has 0 N–H and O–H groups in total. The zero-order chi connectivity index (χ0) is 11.4. The molecule has 0 unspecified atom stereocenters. The average molecular weight is 215 g/mol. The van der Waals surface area contributed by atoms with Gasteiger partial charge in [-0.2, -0.15) is 0 Å². The predicted molar refractivity (Wildman–Crippen MR) is 49.9 cm³/mol. The van der Waals surface area contributed by atoms with E-state index in [-0.39, 0.29) is 12.2 Å². The summed E-state index contributed by atoms with van der Waals surface area (Å²) in [7, 11) is 0. The highest BCUT2D eigenvalue weighted by atomic mass is 19.3. The highest BCUT2D eigenvalue weighted by Crippen LogP contribution is 2.18. The number of rotatable bonds is 3. The minimum atomic E-state index is -2.68. The summed E-state index contributed by atoms with van der Waals surface area (Å²) in [5.41, 5.74) is 0.0774. The van der Waals surface area contributed by atoms with Gasteiger partial charge in [0.15, 0.2) is 0 Å². The standard InChI is InChI=1S/C10H11F2NO2/c1-3-15-10(14)7-4-6(2)13-8(5-7)9(11)12/h4-5,9H,3H2,1-2H3. The first-order chi connectivity index (χ1) is 7.04. The van der Waals surface area contributed by atoms with E-state index in [4.69, 9.17) is 4.74 Å². The number of pyridine rings is 1. The van der Waals surface area contributed by atoms with Crippen LogP contribution in [0.5, 0.6) is 0 Å². The molecule has 0 atom stereocenters. The summed E-state index contributed by atoms with van der Waals surface area (Å²) < 4.78 is 29.4. The first-order valence-electron chi connectivity index (χ1n) is 4.48. The summed E-state index contributed by atoms with van der Waals surface area (Å²) in [5, 5.41) is 0. The van der Waals surface area contributed by atoms with Crippen molar-refractivity contribution in [2.45, 2.75) is 20.3 Å². The first-order valence-corrected chi connectivity index (χ1v) is 4.48. The lowest BCUT2D eigenvalue weighted by atomic mass is 10.2. The second-order valence-corrected chi connectivity index (χ2v) is 2.94. The molecule has 0 bridgehead atoms. The Morgan fingerprint density at radius 3 is 2.73 bits per heavy atom. The maximum Gasteiger partial charge on any atom is 0.338 e. The Kier molecular flexibility index (Phi) is 3.71. The van der Waals surface area contributed by atoms with E-state index in [1.165, 1.54) is 6.07 Å². The molecule has 1 aromatic rings. The minimum absolute atomic E-state index is 0.111. The zero-order valence-electron chi connectivity index (χ0n) is 8.46. The Bertz CT molecular complexity index is 366. The van der Waals surface area contributed by atoms with E-state index in [9.17, 15) is 13.6 Å². The third kappa shape index (κ3) is 2.97. The van der Waals surface area contributed by atoms with Crippen molar-refractivity contribution in [1.82, 2.24) is 4.98 Å². The number of hydrogen-bond donors (Lipinski definition) is 0. The van der Waals surface area contributed by atoms with Gasteiger partial charge < -0.3 is 4.74 Å². The molecule has 82 valence electrons. The Morgan fingerprint density at radius 2 is 2.20 bits per heavy atom. The molecule has 1 heterocycles. The fourth-order valence-corrected chi connectivity index (χ4v) is 1.14. The molecule has 0 saturated heterocycles. The largest absolute Gasteiger partial charge is 0.462 e. The Labute approximate surface area is 86.1 Å². The second kappa shape index (κ2) is 4.82. The molecule has 0 saturated carbocycles. The van der Waals surface area contributed by atoms with Crippen molar-refractivity contribution < 1.29 is 18.3 Å². The number of halogens is 2. The van der Waals surface area contributed by atoms with Crippen molar-refractivity contribution in [2.75, 3.05) is 6.61 Å². The number of esters is 1. The third-order valence-electron chi connectivity index (χ3n) is 1.71. The lowest BCUT2D eigenvalue weighted by Crippen LogP contribution is -2.07. The van der Waals surface area contributed by atoms with Gasteiger partial charge in [-0.15, -0.1) is 0 Å². The van der Waals surface area contributed by atoms with Crippen molar-refractivity contribution in [3.8, 4) is 0 Å². The van der Waals surface area contributed by atoms with Crippen LogP contribution in [0, 0.1) is 6.92 Å². The molecule has 0 amide bonds. The monoisotopic (exact) mass is 215 g/mol. The van der Waals surface area contributed by atoms with Gasteiger partial charge in [0.1, 0.15) is 5.69 Å². The Morgan fingerprint density at radius 1 is 1.53 bits per heavy atom. The van der Waals surface area contributed by atoms with Gasteiger partial charge in [0.05, 0.1) is 12.2 Å². The van der Waals surface area contributed by atoms with Gasteiger partial charge in [-0.3, -0.25) is 4.98 Å². The molecular formula is C10H11F2NO2. The van der Waals surface area contributed by atoms with Crippen LogP contribution in [-0.2, 0) is 4.74 Å². The van der Waals surface area contributed by atoms with Gasteiger partial charge in [-0.05, 0) is 26.0 Å². The molecule has 0 aliphatic heterocycles. The molecular weight excluding hydrogens is 204 g/mol. The highest BCUT2D eigenvalue weighted by Gasteiger charge is 2.14. The normalized spacial score (nSPS) is 10.5. The van der Waals surface area contributed by atoms with Gasteiger partial charge in [0.25, 0.3) is 6.43 Å². The van der Waals surface area contributed by atoms with Crippen LogP contribution in [0.15, 0.2) is 12.1 Å². The van der Waals surface area contributed by atoms with Gasteiger partial charge in [-0.1, -0.05) is 0 Å². The number of aromatic nitrogens is 1. The lowest BCUT2D eigenvalue weighted by Gasteiger charge is -2.05.